The third-order valence-electron chi connectivity index (χ3n) is 1.52. The maximum atomic E-state index is 12.4. The first-order chi connectivity index (χ1) is 6.49. The minimum atomic E-state index is -4.50. The van der Waals surface area contributed by atoms with Gasteiger partial charge in [0.05, 0.1) is 17.2 Å². The molecule has 0 atom stereocenters. The summed E-state index contributed by atoms with van der Waals surface area (Å²) in [6, 6.07) is 4.97. The Labute approximate surface area is 87.7 Å². The lowest BCUT2D eigenvalue weighted by Gasteiger charge is -2.09. The van der Waals surface area contributed by atoms with Crippen LogP contribution in [0.3, 0.4) is 0 Å². The van der Waals surface area contributed by atoms with Crippen LogP contribution in [0.2, 0.25) is 0 Å². The molecule has 1 nitrogen and oxygen atoms in total. The van der Waals surface area contributed by atoms with Crippen molar-refractivity contribution in [3.05, 3.63) is 29.3 Å². The highest BCUT2D eigenvalue weighted by Crippen LogP contribution is 2.35. The first-order valence-electron chi connectivity index (χ1n) is 3.42. The molecular weight excluding hydrogens is 231 g/mol. The van der Waals surface area contributed by atoms with Gasteiger partial charge in [-0.05, 0) is 18.2 Å². The van der Waals surface area contributed by atoms with Gasteiger partial charge in [-0.3, -0.25) is 0 Å². The summed E-state index contributed by atoms with van der Waals surface area (Å²) < 4.78 is 37.1. The van der Waals surface area contributed by atoms with Gasteiger partial charge >= 0.3 is 6.18 Å². The van der Waals surface area contributed by atoms with Crippen LogP contribution in [0.15, 0.2) is 23.1 Å². The summed E-state index contributed by atoms with van der Waals surface area (Å²) in [5, 5.41) is 8.47. The maximum absolute atomic E-state index is 12.4. The summed E-state index contributed by atoms with van der Waals surface area (Å²) in [4.78, 5) is 0.361. The molecule has 1 rings (SSSR count). The van der Waals surface area contributed by atoms with Gasteiger partial charge in [-0.25, -0.2) is 0 Å². The molecule has 0 saturated carbocycles. The fourth-order valence-electron chi connectivity index (χ4n) is 0.912. The van der Waals surface area contributed by atoms with E-state index in [0.29, 0.717) is 4.90 Å². The number of halogens is 3. The Morgan fingerprint density at radius 1 is 1.36 bits per heavy atom. The Morgan fingerprint density at radius 2 is 2.00 bits per heavy atom. The van der Waals surface area contributed by atoms with Gasteiger partial charge in [0, 0.05) is 4.90 Å². The van der Waals surface area contributed by atoms with E-state index in [1.54, 1.807) is 0 Å². The fourth-order valence-corrected chi connectivity index (χ4v) is 1.55. The number of nitrogens with zero attached hydrogens (tertiary/aromatic N) is 1. The van der Waals surface area contributed by atoms with E-state index in [4.69, 9.17) is 5.26 Å². The van der Waals surface area contributed by atoms with E-state index in [1.807, 2.05) is 0 Å². The van der Waals surface area contributed by atoms with Gasteiger partial charge in [-0.15, -0.1) is 11.7 Å². The molecule has 6 heteroatoms. The predicted octanol–water partition coefficient (Wildman–Crippen LogP) is 3.51. The third kappa shape index (κ3) is 2.36. The van der Waals surface area contributed by atoms with Crippen molar-refractivity contribution in [3.63, 3.8) is 0 Å². The Bertz CT molecular complexity index is 381. The standard InChI is InChI=1S/C8H4F3NS2/c9-8(10,11)7-3-6(14-13)2-1-5(7)4-12/h1-3,13H. The summed E-state index contributed by atoms with van der Waals surface area (Å²) in [6.45, 7) is 0. The smallest absolute Gasteiger partial charge is 0.192 e. The Hall–Kier alpha value is -0.800. The minimum absolute atomic E-state index is 0.361. The molecular formula is C8H4F3NS2. The van der Waals surface area contributed by atoms with Crippen molar-refractivity contribution in [1.29, 1.82) is 5.26 Å². The van der Waals surface area contributed by atoms with Crippen LogP contribution in [0.25, 0.3) is 0 Å². The lowest BCUT2D eigenvalue weighted by molar-refractivity contribution is -0.137. The molecule has 0 aromatic heterocycles. The largest absolute Gasteiger partial charge is 0.417 e. The number of benzene rings is 1. The van der Waals surface area contributed by atoms with E-state index in [2.05, 4.69) is 11.7 Å². The average Bonchev–Trinajstić information content (AvgIpc) is 2.15. The van der Waals surface area contributed by atoms with Crippen molar-refractivity contribution in [2.24, 2.45) is 0 Å². The molecule has 0 unspecified atom stereocenters. The van der Waals surface area contributed by atoms with Crippen LogP contribution in [0.5, 0.6) is 0 Å². The van der Waals surface area contributed by atoms with Crippen molar-refractivity contribution in [3.8, 4) is 6.07 Å². The van der Waals surface area contributed by atoms with Gasteiger partial charge in [0.2, 0.25) is 0 Å². The summed E-state index contributed by atoms with van der Waals surface area (Å²) in [5.74, 6) is 0. The molecule has 0 spiro atoms. The van der Waals surface area contributed by atoms with Crippen molar-refractivity contribution in [2.75, 3.05) is 0 Å². The average molecular weight is 235 g/mol. The van der Waals surface area contributed by atoms with Gasteiger partial charge in [0.1, 0.15) is 0 Å². The van der Waals surface area contributed by atoms with Crippen LogP contribution in [-0.4, -0.2) is 0 Å². The molecule has 0 fully saturated rings. The zero-order valence-corrected chi connectivity index (χ0v) is 8.38. The summed E-state index contributed by atoms with van der Waals surface area (Å²) >= 11 is 3.78. The zero-order valence-electron chi connectivity index (χ0n) is 6.67. The zero-order chi connectivity index (χ0) is 10.8. The molecule has 0 aliphatic carbocycles. The van der Waals surface area contributed by atoms with Crippen molar-refractivity contribution in [2.45, 2.75) is 11.1 Å². The van der Waals surface area contributed by atoms with Gasteiger partial charge in [-0.1, -0.05) is 10.8 Å². The molecule has 0 heterocycles. The minimum Gasteiger partial charge on any atom is -0.192 e. The summed E-state index contributed by atoms with van der Waals surface area (Å²) in [6.07, 6.45) is -4.50. The quantitative estimate of drug-likeness (QED) is 0.594. The van der Waals surface area contributed by atoms with Crippen LogP contribution in [0.4, 0.5) is 13.2 Å². The van der Waals surface area contributed by atoms with Gasteiger partial charge in [0.25, 0.3) is 0 Å². The summed E-state index contributed by atoms with van der Waals surface area (Å²) in [5.41, 5.74) is -1.29. The molecule has 0 N–H and O–H groups in total. The molecule has 0 aliphatic rings. The van der Waals surface area contributed by atoms with Crippen LogP contribution in [-0.2, 0) is 6.18 Å². The van der Waals surface area contributed by atoms with Crippen LogP contribution < -0.4 is 0 Å². The van der Waals surface area contributed by atoms with Crippen molar-refractivity contribution in [1.82, 2.24) is 0 Å². The predicted molar refractivity (Wildman–Crippen MR) is 51.0 cm³/mol. The van der Waals surface area contributed by atoms with Gasteiger partial charge < -0.3 is 0 Å². The maximum Gasteiger partial charge on any atom is 0.417 e. The summed E-state index contributed by atoms with van der Waals surface area (Å²) in [7, 11) is 0.903. The van der Waals surface area contributed by atoms with E-state index < -0.39 is 11.7 Å². The van der Waals surface area contributed by atoms with E-state index in [-0.39, 0.29) is 5.56 Å². The highest BCUT2D eigenvalue weighted by molar-refractivity contribution is 8.68. The second kappa shape index (κ2) is 4.15. The first kappa shape index (κ1) is 11.3. The van der Waals surface area contributed by atoms with E-state index >= 15 is 0 Å². The molecule has 0 radical (unpaired) electrons. The molecule has 74 valence electrons. The Morgan fingerprint density at radius 3 is 2.43 bits per heavy atom. The highest BCUT2D eigenvalue weighted by atomic mass is 33.1. The first-order valence-corrected chi connectivity index (χ1v) is 5.28. The normalized spacial score (nSPS) is 11.1. The molecule has 0 aliphatic heterocycles. The molecule has 1 aromatic carbocycles. The number of thiol groups is 1. The number of nitriles is 1. The third-order valence-corrected chi connectivity index (χ3v) is 2.62. The lowest BCUT2D eigenvalue weighted by Crippen LogP contribution is -2.07. The van der Waals surface area contributed by atoms with Crippen LogP contribution >= 0.6 is 22.5 Å². The highest BCUT2D eigenvalue weighted by Gasteiger charge is 2.33. The molecule has 0 amide bonds. The van der Waals surface area contributed by atoms with E-state index in [1.165, 1.54) is 12.1 Å². The van der Waals surface area contributed by atoms with E-state index in [0.717, 1.165) is 22.9 Å². The fraction of sp³-hybridized carbons (Fsp3) is 0.125. The Balaban J connectivity index is 3.31. The van der Waals surface area contributed by atoms with Crippen molar-refractivity contribution < 1.29 is 13.2 Å². The second-order valence-electron chi connectivity index (χ2n) is 2.41. The molecule has 1 aromatic rings. The number of rotatable bonds is 1. The number of hydrogen-bond acceptors (Lipinski definition) is 3. The van der Waals surface area contributed by atoms with Crippen LogP contribution in [0, 0.1) is 11.3 Å². The van der Waals surface area contributed by atoms with Gasteiger partial charge in [-0.2, -0.15) is 18.4 Å². The topological polar surface area (TPSA) is 23.8 Å². The molecule has 14 heavy (non-hydrogen) atoms. The SMILES string of the molecule is N#Cc1ccc(SS)cc1C(F)(F)F. The monoisotopic (exact) mass is 235 g/mol. The van der Waals surface area contributed by atoms with Crippen LogP contribution in [0.1, 0.15) is 11.1 Å². The number of alkyl halides is 3. The molecule has 0 bridgehead atoms. The molecule has 0 saturated heterocycles. The number of hydrogen-bond donors (Lipinski definition) is 1. The van der Waals surface area contributed by atoms with Crippen molar-refractivity contribution >= 4 is 22.5 Å². The second-order valence-corrected chi connectivity index (χ2v) is 3.61. The van der Waals surface area contributed by atoms with Gasteiger partial charge in [0.15, 0.2) is 0 Å². The Kier molecular flexibility index (Phi) is 3.34. The lowest BCUT2D eigenvalue weighted by atomic mass is 10.1. The van der Waals surface area contributed by atoms with E-state index in [9.17, 15) is 13.2 Å².